The first kappa shape index (κ1) is 16.6. The maximum absolute atomic E-state index is 13.0. The number of aromatic nitrogens is 2. The average molecular weight is 337 g/mol. The summed E-state index contributed by atoms with van der Waals surface area (Å²) in [6.45, 7) is 0.159. The first-order valence-electron chi connectivity index (χ1n) is 7.81. The smallest absolute Gasteiger partial charge is 0.266 e. The van der Waals surface area contributed by atoms with Crippen LogP contribution in [-0.4, -0.2) is 15.7 Å². The van der Waals surface area contributed by atoms with E-state index in [0.29, 0.717) is 16.9 Å². The molecular weight excluding hydrogens is 321 g/mol. The Hall–Kier alpha value is -3.28. The van der Waals surface area contributed by atoms with Crippen molar-refractivity contribution in [2.45, 2.75) is 13.0 Å². The fraction of sp³-hybridized carbons (Fsp3) is 0.105. The molecule has 1 heterocycles. The van der Waals surface area contributed by atoms with Gasteiger partial charge in [-0.3, -0.25) is 9.59 Å². The normalized spacial score (nSPS) is 10.4. The number of halogens is 1. The number of benzene rings is 2. The lowest BCUT2D eigenvalue weighted by atomic mass is 10.1. The number of amides is 1. The standard InChI is InChI=1S/C19H16FN3O2/c20-15-8-6-14(7-9-15)17-10-11-19(25)23(22-17)13-12-18(24)21-16-4-2-1-3-5-16/h1-11H,12-13H2,(H,21,24). The van der Waals surface area contributed by atoms with Crippen molar-refractivity contribution < 1.29 is 9.18 Å². The third-order valence-corrected chi connectivity index (χ3v) is 3.61. The summed E-state index contributed by atoms with van der Waals surface area (Å²) in [5, 5.41) is 7.01. The van der Waals surface area contributed by atoms with Gasteiger partial charge in [0.1, 0.15) is 5.82 Å². The largest absolute Gasteiger partial charge is 0.326 e. The van der Waals surface area contributed by atoms with Crippen LogP contribution < -0.4 is 10.9 Å². The number of anilines is 1. The minimum atomic E-state index is -0.338. The Labute approximate surface area is 143 Å². The van der Waals surface area contributed by atoms with Crippen molar-refractivity contribution in [2.24, 2.45) is 0 Å². The minimum Gasteiger partial charge on any atom is -0.326 e. The quantitative estimate of drug-likeness (QED) is 0.778. The number of para-hydroxylation sites is 1. The van der Waals surface area contributed by atoms with Crippen LogP contribution >= 0.6 is 0 Å². The van der Waals surface area contributed by atoms with Gasteiger partial charge in [0.2, 0.25) is 5.91 Å². The molecule has 1 N–H and O–H groups in total. The molecule has 1 amide bonds. The molecule has 25 heavy (non-hydrogen) atoms. The van der Waals surface area contributed by atoms with Crippen molar-refractivity contribution in [1.82, 2.24) is 9.78 Å². The van der Waals surface area contributed by atoms with Crippen molar-refractivity contribution in [3.8, 4) is 11.3 Å². The van der Waals surface area contributed by atoms with E-state index in [1.165, 1.54) is 22.9 Å². The lowest BCUT2D eigenvalue weighted by Gasteiger charge is -2.08. The Kier molecular flexibility index (Phi) is 4.99. The molecule has 1 aromatic heterocycles. The molecule has 5 nitrogen and oxygen atoms in total. The maximum atomic E-state index is 13.0. The lowest BCUT2D eigenvalue weighted by molar-refractivity contribution is -0.116. The first-order chi connectivity index (χ1) is 12.1. The molecule has 0 aliphatic heterocycles. The van der Waals surface area contributed by atoms with E-state index in [1.54, 1.807) is 30.3 Å². The van der Waals surface area contributed by atoms with E-state index in [4.69, 9.17) is 0 Å². The zero-order chi connectivity index (χ0) is 17.6. The molecule has 3 rings (SSSR count). The summed E-state index contributed by atoms with van der Waals surface area (Å²) in [4.78, 5) is 23.9. The fourth-order valence-electron chi connectivity index (χ4n) is 2.34. The number of aryl methyl sites for hydroxylation is 1. The van der Waals surface area contributed by atoms with Crippen LogP contribution in [0.1, 0.15) is 6.42 Å². The van der Waals surface area contributed by atoms with Gasteiger partial charge in [-0.2, -0.15) is 5.10 Å². The summed E-state index contributed by atoms with van der Waals surface area (Å²) in [5.41, 5.74) is 1.65. The second-order valence-electron chi connectivity index (χ2n) is 5.45. The van der Waals surface area contributed by atoms with E-state index >= 15 is 0 Å². The molecule has 3 aromatic rings. The minimum absolute atomic E-state index is 0.120. The first-order valence-corrected chi connectivity index (χ1v) is 7.81. The molecule has 0 spiro atoms. The van der Waals surface area contributed by atoms with Gasteiger partial charge < -0.3 is 5.32 Å². The van der Waals surface area contributed by atoms with E-state index in [1.807, 2.05) is 18.2 Å². The highest BCUT2D eigenvalue weighted by Crippen LogP contribution is 2.15. The predicted octanol–water partition coefficient (Wildman–Crippen LogP) is 3.08. The number of carbonyl (C=O) groups is 1. The second kappa shape index (κ2) is 7.53. The SMILES string of the molecule is O=C(CCn1nc(-c2ccc(F)cc2)ccc1=O)Nc1ccccc1. The molecule has 0 saturated carbocycles. The van der Waals surface area contributed by atoms with Gasteiger partial charge in [0, 0.05) is 23.7 Å². The van der Waals surface area contributed by atoms with Gasteiger partial charge in [-0.25, -0.2) is 9.07 Å². The zero-order valence-electron chi connectivity index (χ0n) is 13.4. The van der Waals surface area contributed by atoms with Crippen LogP contribution in [0.4, 0.5) is 10.1 Å². The topological polar surface area (TPSA) is 64.0 Å². The lowest BCUT2D eigenvalue weighted by Crippen LogP contribution is -2.25. The molecule has 0 fully saturated rings. The molecule has 0 saturated heterocycles. The van der Waals surface area contributed by atoms with Gasteiger partial charge in [-0.15, -0.1) is 0 Å². The Morgan fingerprint density at radius 1 is 1.00 bits per heavy atom. The zero-order valence-corrected chi connectivity index (χ0v) is 13.4. The van der Waals surface area contributed by atoms with E-state index < -0.39 is 0 Å². The summed E-state index contributed by atoms with van der Waals surface area (Å²) in [5.74, 6) is -0.540. The van der Waals surface area contributed by atoms with Crippen LogP contribution in [0.5, 0.6) is 0 Å². The van der Waals surface area contributed by atoms with Crippen LogP contribution in [-0.2, 0) is 11.3 Å². The van der Waals surface area contributed by atoms with Gasteiger partial charge in [0.05, 0.1) is 12.2 Å². The summed E-state index contributed by atoms with van der Waals surface area (Å²) in [6.07, 6.45) is 0.120. The Balaban J connectivity index is 1.70. The summed E-state index contributed by atoms with van der Waals surface area (Å²) < 4.78 is 14.3. The summed E-state index contributed by atoms with van der Waals surface area (Å²) in [7, 11) is 0. The third-order valence-electron chi connectivity index (χ3n) is 3.61. The molecular formula is C19H16FN3O2. The van der Waals surface area contributed by atoms with Crippen molar-refractivity contribution in [1.29, 1.82) is 0 Å². The predicted molar refractivity (Wildman–Crippen MR) is 93.6 cm³/mol. The third kappa shape index (κ3) is 4.38. The Bertz CT molecular complexity index is 921. The van der Waals surface area contributed by atoms with Crippen molar-refractivity contribution in [3.05, 3.63) is 82.9 Å². The maximum Gasteiger partial charge on any atom is 0.266 e. The number of rotatable bonds is 5. The van der Waals surface area contributed by atoms with Gasteiger partial charge in [-0.1, -0.05) is 18.2 Å². The molecule has 0 atom stereocenters. The summed E-state index contributed by atoms with van der Waals surface area (Å²) in [6, 6.07) is 17.9. The second-order valence-corrected chi connectivity index (χ2v) is 5.45. The van der Waals surface area contributed by atoms with E-state index in [9.17, 15) is 14.0 Å². The number of hydrogen-bond acceptors (Lipinski definition) is 3. The molecule has 0 radical (unpaired) electrons. The van der Waals surface area contributed by atoms with Crippen LogP contribution in [0.2, 0.25) is 0 Å². The highest BCUT2D eigenvalue weighted by Gasteiger charge is 2.07. The van der Waals surface area contributed by atoms with Crippen LogP contribution in [0.3, 0.4) is 0 Å². The molecule has 126 valence electrons. The average Bonchev–Trinajstić information content (AvgIpc) is 2.63. The summed E-state index contributed by atoms with van der Waals surface area (Å²) >= 11 is 0. The van der Waals surface area contributed by atoms with Gasteiger partial charge in [0.15, 0.2) is 0 Å². The highest BCUT2D eigenvalue weighted by atomic mass is 19.1. The molecule has 0 aliphatic rings. The number of nitrogens with zero attached hydrogens (tertiary/aromatic N) is 2. The monoisotopic (exact) mass is 337 g/mol. The molecule has 2 aromatic carbocycles. The molecule has 6 heteroatoms. The molecule has 0 aliphatic carbocycles. The van der Waals surface area contributed by atoms with E-state index in [-0.39, 0.29) is 30.2 Å². The number of hydrogen-bond donors (Lipinski definition) is 1. The Morgan fingerprint density at radius 2 is 1.72 bits per heavy atom. The molecule has 0 unspecified atom stereocenters. The van der Waals surface area contributed by atoms with Crippen molar-refractivity contribution in [2.75, 3.05) is 5.32 Å². The van der Waals surface area contributed by atoms with Gasteiger partial charge in [0.25, 0.3) is 5.56 Å². The van der Waals surface area contributed by atoms with Crippen LogP contribution in [0.25, 0.3) is 11.3 Å². The number of nitrogens with one attached hydrogen (secondary N) is 1. The van der Waals surface area contributed by atoms with Crippen molar-refractivity contribution >= 4 is 11.6 Å². The van der Waals surface area contributed by atoms with Crippen LogP contribution in [0, 0.1) is 5.82 Å². The van der Waals surface area contributed by atoms with Gasteiger partial charge >= 0.3 is 0 Å². The van der Waals surface area contributed by atoms with Crippen molar-refractivity contribution in [3.63, 3.8) is 0 Å². The van der Waals surface area contributed by atoms with Gasteiger partial charge in [-0.05, 0) is 42.5 Å². The van der Waals surface area contributed by atoms with E-state index in [0.717, 1.165) is 0 Å². The Morgan fingerprint density at radius 3 is 2.44 bits per heavy atom. The number of carbonyl (C=O) groups excluding carboxylic acids is 1. The highest BCUT2D eigenvalue weighted by molar-refractivity contribution is 5.90. The molecule has 0 bridgehead atoms. The van der Waals surface area contributed by atoms with Crippen LogP contribution in [0.15, 0.2) is 71.5 Å². The fourth-order valence-corrected chi connectivity index (χ4v) is 2.34. The van der Waals surface area contributed by atoms with E-state index in [2.05, 4.69) is 10.4 Å².